The van der Waals surface area contributed by atoms with Crippen molar-refractivity contribution in [3.8, 4) is 5.75 Å². The van der Waals surface area contributed by atoms with E-state index in [1.165, 1.54) is 0 Å². The fourth-order valence-corrected chi connectivity index (χ4v) is 1.04. The van der Waals surface area contributed by atoms with E-state index in [9.17, 15) is 4.79 Å². The third-order valence-corrected chi connectivity index (χ3v) is 1.75. The van der Waals surface area contributed by atoms with Gasteiger partial charge in [0, 0.05) is 0 Å². The van der Waals surface area contributed by atoms with Crippen LogP contribution in [0, 0.1) is 12.8 Å². The standard InChI is InChI=1S/C11H15NO2/c1-8(2)7-14-11-5-4-10(6-13)12-9(11)3/h4-6,8H,7H2,1-3H3. The molecule has 3 nitrogen and oxygen atoms in total. The molecule has 0 aromatic carbocycles. The van der Waals surface area contributed by atoms with Crippen molar-refractivity contribution in [2.24, 2.45) is 5.92 Å². The molecule has 0 N–H and O–H groups in total. The molecule has 0 saturated heterocycles. The van der Waals surface area contributed by atoms with Crippen molar-refractivity contribution in [3.05, 3.63) is 23.5 Å². The molecular weight excluding hydrogens is 178 g/mol. The zero-order chi connectivity index (χ0) is 10.6. The van der Waals surface area contributed by atoms with Crippen LogP contribution in [0.25, 0.3) is 0 Å². The predicted octanol–water partition coefficient (Wildman–Crippen LogP) is 2.24. The first-order valence-electron chi connectivity index (χ1n) is 4.69. The van der Waals surface area contributed by atoms with Gasteiger partial charge in [-0.2, -0.15) is 0 Å². The minimum absolute atomic E-state index is 0.444. The van der Waals surface area contributed by atoms with E-state index in [0.717, 1.165) is 17.7 Å². The molecule has 0 atom stereocenters. The Bertz CT molecular complexity index is 321. The summed E-state index contributed by atoms with van der Waals surface area (Å²) in [5.74, 6) is 1.24. The number of carbonyl (C=O) groups excluding carboxylic acids is 1. The molecule has 1 aromatic heterocycles. The van der Waals surface area contributed by atoms with Crippen LogP contribution in [0.4, 0.5) is 0 Å². The Hall–Kier alpha value is -1.38. The molecule has 0 aliphatic carbocycles. The highest BCUT2D eigenvalue weighted by molar-refractivity contribution is 5.71. The van der Waals surface area contributed by atoms with Crippen LogP contribution in [-0.2, 0) is 0 Å². The monoisotopic (exact) mass is 193 g/mol. The number of carbonyl (C=O) groups is 1. The van der Waals surface area contributed by atoms with Crippen LogP contribution in [0.1, 0.15) is 30.0 Å². The van der Waals surface area contributed by atoms with Crippen LogP contribution in [-0.4, -0.2) is 17.9 Å². The largest absolute Gasteiger partial charge is 0.491 e. The Morgan fingerprint density at radius 2 is 2.21 bits per heavy atom. The van der Waals surface area contributed by atoms with Gasteiger partial charge in [0.2, 0.25) is 0 Å². The zero-order valence-electron chi connectivity index (χ0n) is 8.78. The number of pyridine rings is 1. The number of aryl methyl sites for hydroxylation is 1. The van der Waals surface area contributed by atoms with Crippen molar-refractivity contribution in [2.75, 3.05) is 6.61 Å². The molecule has 76 valence electrons. The van der Waals surface area contributed by atoms with Crippen molar-refractivity contribution in [1.29, 1.82) is 0 Å². The first kappa shape index (κ1) is 10.7. The summed E-state index contributed by atoms with van der Waals surface area (Å²) in [6.45, 7) is 6.68. The molecule has 0 saturated carbocycles. The fourth-order valence-electron chi connectivity index (χ4n) is 1.04. The highest BCUT2D eigenvalue weighted by Gasteiger charge is 2.03. The first-order chi connectivity index (χ1) is 6.63. The Morgan fingerprint density at radius 1 is 1.50 bits per heavy atom. The minimum Gasteiger partial charge on any atom is -0.491 e. The summed E-state index contributed by atoms with van der Waals surface area (Å²) in [5, 5.41) is 0. The summed E-state index contributed by atoms with van der Waals surface area (Å²) < 4.78 is 5.52. The zero-order valence-corrected chi connectivity index (χ0v) is 8.78. The van der Waals surface area contributed by atoms with E-state index in [1.807, 2.05) is 6.92 Å². The summed E-state index contributed by atoms with van der Waals surface area (Å²) in [6.07, 6.45) is 0.735. The van der Waals surface area contributed by atoms with Gasteiger partial charge in [0.25, 0.3) is 0 Å². The van der Waals surface area contributed by atoms with Crippen LogP contribution < -0.4 is 4.74 Å². The Labute approximate surface area is 84.1 Å². The lowest BCUT2D eigenvalue weighted by molar-refractivity contribution is 0.111. The number of nitrogens with zero attached hydrogens (tertiary/aromatic N) is 1. The van der Waals surface area contributed by atoms with Gasteiger partial charge < -0.3 is 4.74 Å². The molecule has 0 radical (unpaired) electrons. The molecule has 1 rings (SSSR count). The number of rotatable bonds is 4. The van der Waals surface area contributed by atoms with Crippen molar-refractivity contribution >= 4 is 6.29 Å². The van der Waals surface area contributed by atoms with E-state index in [0.29, 0.717) is 18.2 Å². The van der Waals surface area contributed by atoms with E-state index >= 15 is 0 Å². The van der Waals surface area contributed by atoms with Crippen LogP contribution in [0.3, 0.4) is 0 Å². The van der Waals surface area contributed by atoms with Crippen molar-refractivity contribution in [1.82, 2.24) is 4.98 Å². The van der Waals surface area contributed by atoms with Gasteiger partial charge in [-0.25, -0.2) is 4.98 Å². The molecule has 0 unspecified atom stereocenters. The predicted molar refractivity (Wildman–Crippen MR) is 54.7 cm³/mol. The summed E-state index contributed by atoms with van der Waals surface area (Å²) in [5.41, 5.74) is 1.20. The molecule has 0 amide bonds. The van der Waals surface area contributed by atoms with Gasteiger partial charge in [0.1, 0.15) is 11.4 Å². The van der Waals surface area contributed by atoms with E-state index < -0.39 is 0 Å². The maximum Gasteiger partial charge on any atom is 0.168 e. The second-order valence-electron chi connectivity index (χ2n) is 3.64. The van der Waals surface area contributed by atoms with Crippen molar-refractivity contribution < 1.29 is 9.53 Å². The van der Waals surface area contributed by atoms with Crippen LogP contribution in [0.15, 0.2) is 12.1 Å². The third kappa shape index (κ3) is 2.83. The average molecular weight is 193 g/mol. The van der Waals surface area contributed by atoms with E-state index in [4.69, 9.17) is 4.74 Å². The normalized spacial score (nSPS) is 10.3. The third-order valence-electron chi connectivity index (χ3n) is 1.75. The van der Waals surface area contributed by atoms with Gasteiger partial charge in [-0.15, -0.1) is 0 Å². The lowest BCUT2D eigenvalue weighted by Crippen LogP contribution is -2.06. The fraction of sp³-hybridized carbons (Fsp3) is 0.455. The quantitative estimate of drug-likeness (QED) is 0.688. The van der Waals surface area contributed by atoms with Gasteiger partial charge in [-0.05, 0) is 25.0 Å². The van der Waals surface area contributed by atoms with Crippen LogP contribution in [0.2, 0.25) is 0 Å². The summed E-state index contributed by atoms with van der Waals surface area (Å²) in [6, 6.07) is 3.45. The maximum atomic E-state index is 10.4. The SMILES string of the molecule is Cc1nc(C=O)ccc1OCC(C)C. The first-order valence-corrected chi connectivity index (χ1v) is 4.69. The van der Waals surface area contributed by atoms with Crippen molar-refractivity contribution in [2.45, 2.75) is 20.8 Å². The highest BCUT2D eigenvalue weighted by atomic mass is 16.5. The molecular formula is C11H15NO2. The molecule has 1 aromatic rings. The molecule has 14 heavy (non-hydrogen) atoms. The molecule has 0 aliphatic rings. The van der Waals surface area contributed by atoms with Crippen LogP contribution >= 0.6 is 0 Å². The Morgan fingerprint density at radius 3 is 2.71 bits per heavy atom. The molecule has 0 spiro atoms. The second-order valence-corrected chi connectivity index (χ2v) is 3.64. The topological polar surface area (TPSA) is 39.2 Å². The van der Waals surface area contributed by atoms with Crippen LogP contribution in [0.5, 0.6) is 5.75 Å². The smallest absolute Gasteiger partial charge is 0.168 e. The van der Waals surface area contributed by atoms with Crippen molar-refractivity contribution in [3.63, 3.8) is 0 Å². The average Bonchev–Trinajstić information content (AvgIpc) is 2.15. The lowest BCUT2D eigenvalue weighted by Gasteiger charge is -2.10. The molecule has 0 bridgehead atoms. The molecule has 0 aliphatic heterocycles. The number of aromatic nitrogens is 1. The van der Waals surface area contributed by atoms with E-state index in [1.54, 1.807) is 12.1 Å². The van der Waals surface area contributed by atoms with Gasteiger partial charge in [-0.1, -0.05) is 13.8 Å². The van der Waals surface area contributed by atoms with E-state index in [2.05, 4.69) is 18.8 Å². The number of hydrogen-bond acceptors (Lipinski definition) is 3. The molecule has 3 heteroatoms. The maximum absolute atomic E-state index is 10.4. The highest BCUT2D eigenvalue weighted by Crippen LogP contribution is 2.15. The lowest BCUT2D eigenvalue weighted by atomic mass is 10.2. The number of ether oxygens (including phenoxy) is 1. The van der Waals surface area contributed by atoms with Gasteiger partial charge in [0.15, 0.2) is 6.29 Å². The Kier molecular flexibility index (Phi) is 3.63. The Balaban J connectivity index is 2.73. The minimum atomic E-state index is 0.444. The molecule has 1 heterocycles. The van der Waals surface area contributed by atoms with Gasteiger partial charge in [-0.3, -0.25) is 4.79 Å². The van der Waals surface area contributed by atoms with Gasteiger partial charge in [0.05, 0.1) is 12.3 Å². The van der Waals surface area contributed by atoms with Gasteiger partial charge >= 0.3 is 0 Å². The summed E-state index contributed by atoms with van der Waals surface area (Å²) in [4.78, 5) is 14.5. The second kappa shape index (κ2) is 4.74. The summed E-state index contributed by atoms with van der Waals surface area (Å²) in [7, 11) is 0. The number of aldehydes is 1. The van der Waals surface area contributed by atoms with E-state index in [-0.39, 0.29) is 0 Å². The molecule has 0 fully saturated rings. The summed E-state index contributed by atoms with van der Waals surface area (Å²) >= 11 is 0. The number of hydrogen-bond donors (Lipinski definition) is 0.